The molecule has 0 spiro atoms. The smallest absolute Gasteiger partial charge is 0.275 e. The van der Waals surface area contributed by atoms with E-state index in [2.05, 4.69) is 0 Å². The summed E-state index contributed by atoms with van der Waals surface area (Å²) >= 11 is 0. The Bertz CT molecular complexity index is 458. The topological polar surface area (TPSA) is 80.4 Å². The lowest BCUT2D eigenvalue weighted by molar-refractivity contribution is -0.386. The number of carbonyl (C=O) groups is 1. The van der Waals surface area contributed by atoms with Crippen molar-refractivity contribution in [3.63, 3.8) is 0 Å². The van der Waals surface area contributed by atoms with Crippen molar-refractivity contribution in [3.05, 3.63) is 39.9 Å². The van der Waals surface area contributed by atoms with Crippen LogP contribution in [0.4, 0.5) is 5.69 Å². The highest BCUT2D eigenvalue weighted by Gasteiger charge is 2.34. The van der Waals surface area contributed by atoms with E-state index in [9.17, 15) is 20.0 Å². The number of nitrogens with zero attached hydrogens (tertiary/aromatic N) is 1. The van der Waals surface area contributed by atoms with Crippen molar-refractivity contribution in [2.45, 2.75) is 25.4 Å². The average molecular weight is 235 g/mol. The van der Waals surface area contributed by atoms with Crippen LogP contribution in [0.25, 0.3) is 0 Å². The van der Waals surface area contributed by atoms with Gasteiger partial charge in [0.1, 0.15) is 5.78 Å². The van der Waals surface area contributed by atoms with E-state index in [0.29, 0.717) is 12.8 Å². The first-order chi connectivity index (χ1) is 8.11. The first-order valence-electron chi connectivity index (χ1n) is 5.55. The highest BCUT2D eigenvalue weighted by atomic mass is 16.6. The van der Waals surface area contributed by atoms with Gasteiger partial charge in [0.2, 0.25) is 0 Å². The van der Waals surface area contributed by atoms with Crippen LogP contribution < -0.4 is 0 Å². The van der Waals surface area contributed by atoms with Gasteiger partial charge in [-0.15, -0.1) is 0 Å². The Hall–Kier alpha value is -1.75. The molecule has 1 fully saturated rings. The van der Waals surface area contributed by atoms with Crippen molar-refractivity contribution in [1.29, 1.82) is 0 Å². The number of aliphatic hydroxyl groups excluding tert-OH is 1. The van der Waals surface area contributed by atoms with Crippen molar-refractivity contribution in [2.24, 2.45) is 5.92 Å². The molecule has 90 valence electrons. The third-order valence-electron chi connectivity index (χ3n) is 3.19. The van der Waals surface area contributed by atoms with Crippen LogP contribution in [0.5, 0.6) is 0 Å². The van der Waals surface area contributed by atoms with Crippen LogP contribution in [0, 0.1) is 16.0 Å². The van der Waals surface area contributed by atoms with Gasteiger partial charge in [-0.05, 0) is 18.9 Å². The molecule has 2 rings (SSSR count). The molecule has 1 aliphatic carbocycles. The van der Waals surface area contributed by atoms with Gasteiger partial charge >= 0.3 is 0 Å². The van der Waals surface area contributed by atoms with E-state index in [1.165, 1.54) is 12.1 Å². The van der Waals surface area contributed by atoms with Crippen molar-refractivity contribution in [1.82, 2.24) is 0 Å². The molecule has 0 aromatic heterocycles. The van der Waals surface area contributed by atoms with Gasteiger partial charge in [0.05, 0.1) is 16.6 Å². The molecule has 1 saturated carbocycles. The Morgan fingerprint density at radius 3 is 2.71 bits per heavy atom. The molecule has 1 unspecified atom stereocenters. The van der Waals surface area contributed by atoms with Gasteiger partial charge in [-0.25, -0.2) is 0 Å². The second-order valence-electron chi connectivity index (χ2n) is 4.23. The normalized spacial score (nSPS) is 21.5. The fraction of sp³-hybridized carbons (Fsp3) is 0.417. The molecule has 0 heterocycles. The van der Waals surface area contributed by atoms with Crippen molar-refractivity contribution in [2.75, 3.05) is 0 Å². The van der Waals surface area contributed by atoms with E-state index in [4.69, 9.17) is 0 Å². The molecule has 0 saturated heterocycles. The summed E-state index contributed by atoms with van der Waals surface area (Å²) in [6.45, 7) is 0. The Morgan fingerprint density at radius 2 is 2.12 bits per heavy atom. The summed E-state index contributed by atoms with van der Waals surface area (Å²) in [6.07, 6.45) is 0.752. The third-order valence-corrected chi connectivity index (χ3v) is 3.19. The van der Waals surface area contributed by atoms with E-state index >= 15 is 0 Å². The van der Waals surface area contributed by atoms with E-state index in [1.54, 1.807) is 12.1 Å². The Labute approximate surface area is 98.2 Å². The molecule has 1 aliphatic rings. The fourth-order valence-electron chi connectivity index (χ4n) is 2.30. The summed E-state index contributed by atoms with van der Waals surface area (Å²) in [5, 5.41) is 20.9. The van der Waals surface area contributed by atoms with E-state index in [0.717, 1.165) is 6.42 Å². The zero-order valence-electron chi connectivity index (χ0n) is 9.20. The number of rotatable bonds is 3. The van der Waals surface area contributed by atoms with Gasteiger partial charge in [-0.3, -0.25) is 14.9 Å². The minimum absolute atomic E-state index is 0.00403. The van der Waals surface area contributed by atoms with Gasteiger partial charge in [-0.1, -0.05) is 12.1 Å². The number of carbonyl (C=O) groups excluding carboxylic acids is 1. The Kier molecular flexibility index (Phi) is 3.19. The number of Topliss-reactive ketones (excluding diaryl/α,β-unsaturated/α-hetero) is 1. The molecular formula is C12H13NO4. The quantitative estimate of drug-likeness (QED) is 0.641. The van der Waals surface area contributed by atoms with Gasteiger partial charge in [0, 0.05) is 18.4 Å². The summed E-state index contributed by atoms with van der Waals surface area (Å²) in [4.78, 5) is 21.8. The maximum absolute atomic E-state index is 11.5. The van der Waals surface area contributed by atoms with E-state index < -0.39 is 16.9 Å². The number of benzene rings is 1. The number of hydrogen-bond acceptors (Lipinski definition) is 4. The van der Waals surface area contributed by atoms with Gasteiger partial charge in [0.15, 0.2) is 0 Å². The largest absolute Gasteiger partial charge is 0.387 e. The number of hydrogen-bond donors (Lipinski definition) is 1. The summed E-state index contributed by atoms with van der Waals surface area (Å²) in [5.74, 6) is -0.494. The first-order valence-corrected chi connectivity index (χ1v) is 5.55. The number of aliphatic hydroxyl groups is 1. The third kappa shape index (κ3) is 2.19. The van der Waals surface area contributed by atoms with Crippen molar-refractivity contribution in [3.8, 4) is 0 Å². The Morgan fingerprint density at radius 1 is 1.41 bits per heavy atom. The minimum atomic E-state index is -1.06. The van der Waals surface area contributed by atoms with Crippen LogP contribution in [-0.4, -0.2) is 15.8 Å². The summed E-state index contributed by atoms with van der Waals surface area (Å²) in [6, 6.07) is 6.03. The van der Waals surface area contributed by atoms with Crippen LogP contribution in [0.1, 0.15) is 30.9 Å². The predicted octanol–water partition coefficient (Wildman–Crippen LogP) is 2.00. The molecular weight excluding hydrogens is 222 g/mol. The zero-order valence-corrected chi connectivity index (χ0v) is 9.20. The van der Waals surface area contributed by atoms with Gasteiger partial charge < -0.3 is 5.11 Å². The molecule has 0 bridgehead atoms. The fourth-order valence-corrected chi connectivity index (χ4v) is 2.30. The monoisotopic (exact) mass is 235 g/mol. The second-order valence-corrected chi connectivity index (χ2v) is 4.23. The highest BCUT2D eigenvalue weighted by Crippen LogP contribution is 2.36. The Balaban J connectivity index is 2.33. The molecule has 5 nitrogen and oxygen atoms in total. The van der Waals surface area contributed by atoms with Crippen LogP contribution in [-0.2, 0) is 4.79 Å². The highest BCUT2D eigenvalue weighted by molar-refractivity contribution is 5.83. The van der Waals surface area contributed by atoms with Gasteiger partial charge in [-0.2, -0.15) is 0 Å². The predicted molar refractivity (Wildman–Crippen MR) is 60.4 cm³/mol. The molecule has 5 heteroatoms. The van der Waals surface area contributed by atoms with Gasteiger partial charge in [0.25, 0.3) is 5.69 Å². The second kappa shape index (κ2) is 4.63. The standard InChI is InChI=1S/C12H13NO4/c14-11-7-3-5-9(11)12(15)8-4-1-2-6-10(8)13(16)17/h1-2,4,6,9,12,15H,3,5,7H2/t9?,12-/m0/s1. The maximum Gasteiger partial charge on any atom is 0.275 e. The number of para-hydroxylation sites is 1. The van der Waals surface area contributed by atoms with E-state index in [-0.39, 0.29) is 17.0 Å². The SMILES string of the molecule is O=C1CCCC1[C@@H](O)c1ccccc1[N+](=O)[O-]. The summed E-state index contributed by atoms with van der Waals surface area (Å²) in [7, 11) is 0. The maximum atomic E-state index is 11.5. The van der Waals surface area contributed by atoms with Crippen LogP contribution in [0.15, 0.2) is 24.3 Å². The molecule has 0 amide bonds. The molecule has 0 radical (unpaired) electrons. The van der Waals surface area contributed by atoms with E-state index in [1.807, 2.05) is 0 Å². The number of nitro benzene ring substituents is 1. The number of ketones is 1. The van der Waals surface area contributed by atoms with Crippen LogP contribution in [0.2, 0.25) is 0 Å². The van der Waals surface area contributed by atoms with Crippen LogP contribution >= 0.6 is 0 Å². The lowest BCUT2D eigenvalue weighted by Gasteiger charge is -2.16. The minimum Gasteiger partial charge on any atom is -0.387 e. The number of nitro groups is 1. The molecule has 0 aliphatic heterocycles. The summed E-state index contributed by atoms with van der Waals surface area (Å²) < 4.78 is 0. The first kappa shape index (κ1) is 11.7. The average Bonchev–Trinajstić information content (AvgIpc) is 2.74. The molecule has 2 atom stereocenters. The molecule has 1 N–H and O–H groups in total. The van der Waals surface area contributed by atoms with Crippen LogP contribution in [0.3, 0.4) is 0 Å². The summed E-state index contributed by atoms with van der Waals surface area (Å²) in [5.41, 5.74) is 0.109. The zero-order chi connectivity index (χ0) is 12.4. The van der Waals surface area contributed by atoms with Crippen molar-refractivity contribution < 1.29 is 14.8 Å². The molecule has 1 aromatic carbocycles. The lowest BCUT2D eigenvalue weighted by Crippen LogP contribution is -2.17. The molecule has 17 heavy (non-hydrogen) atoms. The lowest BCUT2D eigenvalue weighted by atomic mass is 9.93. The van der Waals surface area contributed by atoms with Crippen molar-refractivity contribution >= 4 is 11.5 Å². The molecule has 1 aromatic rings.